The topological polar surface area (TPSA) is 46.2 Å². The number of ether oxygens (including phenoxy) is 1. The predicted molar refractivity (Wildman–Crippen MR) is 85.6 cm³/mol. The number of rotatable bonds is 4. The predicted octanol–water partition coefficient (Wildman–Crippen LogP) is 2.99. The minimum absolute atomic E-state index is 0.391. The van der Waals surface area contributed by atoms with Crippen LogP contribution in [-0.2, 0) is 0 Å². The molecule has 0 amide bonds. The van der Waals surface area contributed by atoms with Crippen LogP contribution in [0.4, 0.5) is 5.13 Å². The van der Waals surface area contributed by atoms with Crippen LogP contribution in [0.5, 0.6) is 5.75 Å². The highest BCUT2D eigenvalue weighted by molar-refractivity contribution is 7.80. The van der Waals surface area contributed by atoms with Gasteiger partial charge < -0.3 is 15.4 Å². The van der Waals surface area contributed by atoms with Gasteiger partial charge in [0.1, 0.15) is 5.75 Å². The standard InChI is InChI=1S/C14H15N3OS2/c1-18-10-4-2-3-9(7-10)11-8-12(11)16-13(19)17-14-15-5-6-20-14/h2-7,11-12H,8H2,1H3,(H2,15,16,17,19)/t11-,12-/m1/s1. The van der Waals surface area contributed by atoms with E-state index in [4.69, 9.17) is 17.0 Å². The van der Waals surface area contributed by atoms with Crippen molar-refractivity contribution < 1.29 is 4.74 Å². The molecule has 0 bridgehead atoms. The van der Waals surface area contributed by atoms with Crippen LogP contribution >= 0.6 is 23.6 Å². The van der Waals surface area contributed by atoms with Crippen LogP contribution in [0.1, 0.15) is 17.9 Å². The van der Waals surface area contributed by atoms with Crippen molar-refractivity contribution in [1.82, 2.24) is 10.3 Å². The molecule has 3 rings (SSSR count). The molecule has 0 saturated heterocycles. The van der Waals surface area contributed by atoms with E-state index < -0.39 is 0 Å². The fraction of sp³-hybridized carbons (Fsp3) is 0.286. The van der Waals surface area contributed by atoms with E-state index in [1.807, 2.05) is 17.5 Å². The van der Waals surface area contributed by atoms with E-state index in [1.165, 1.54) is 16.9 Å². The van der Waals surface area contributed by atoms with Crippen LogP contribution in [0.3, 0.4) is 0 Å². The van der Waals surface area contributed by atoms with E-state index in [9.17, 15) is 0 Å². The van der Waals surface area contributed by atoms with Crippen LogP contribution in [-0.4, -0.2) is 23.2 Å². The zero-order valence-electron chi connectivity index (χ0n) is 11.0. The highest BCUT2D eigenvalue weighted by atomic mass is 32.1. The summed E-state index contributed by atoms with van der Waals surface area (Å²) in [6.07, 6.45) is 2.85. The number of anilines is 1. The zero-order chi connectivity index (χ0) is 13.9. The monoisotopic (exact) mass is 305 g/mol. The third-order valence-corrected chi connectivity index (χ3v) is 4.19. The molecule has 6 heteroatoms. The van der Waals surface area contributed by atoms with E-state index in [0.717, 1.165) is 17.3 Å². The number of hydrogen-bond acceptors (Lipinski definition) is 4. The van der Waals surface area contributed by atoms with Crippen LogP contribution in [0.25, 0.3) is 0 Å². The first-order chi connectivity index (χ1) is 9.76. The Kier molecular flexibility index (Phi) is 3.84. The van der Waals surface area contributed by atoms with Crippen molar-refractivity contribution in [3.8, 4) is 5.75 Å². The molecule has 1 saturated carbocycles. The fourth-order valence-electron chi connectivity index (χ4n) is 2.18. The molecular formula is C14H15N3OS2. The lowest BCUT2D eigenvalue weighted by Gasteiger charge is -2.08. The molecule has 0 unspecified atom stereocenters. The van der Waals surface area contributed by atoms with Crippen molar-refractivity contribution in [2.24, 2.45) is 0 Å². The third-order valence-electron chi connectivity index (χ3n) is 3.28. The summed E-state index contributed by atoms with van der Waals surface area (Å²) < 4.78 is 5.25. The maximum atomic E-state index is 5.29. The molecule has 0 aliphatic heterocycles. The molecule has 4 nitrogen and oxygen atoms in total. The highest BCUT2D eigenvalue weighted by Crippen LogP contribution is 2.41. The summed E-state index contributed by atoms with van der Waals surface area (Å²) in [5.41, 5.74) is 1.29. The van der Waals surface area contributed by atoms with E-state index in [-0.39, 0.29) is 0 Å². The smallest absolute Gasteiger partial charge is 0.188 e. The Morgan fingerprint density at radius 1 is 1.50 bits per heavy atom. The number of aromatic nitrogens is 1. The number of hydrogen-bond donors (Lipinski definition) is 2. The van der Waals surface area contributed by atoms with Crippen molar-refractivity contribution in [3.05, 3.63) is 41.4 Å². The van der Waals surface area contributed by atoms with Gasteiger partial charge in [-0.2, -0.15) is 0 Å². The van der Waals surface area contributed by atoms with Gasteiger partial charge >= 0.3 is 0 Å². The number of thiocarbonyl (C=S) groups is 1. The number of benzene rings is 1. The molecule has 0 radical (unpaired) electrons. The van der Waals surface area contributed by atoms with E-state index in [2.05, 4.69) is 27.8 Å². The van der Waals surface area contributed by atoms with E-state index in [1.54, 1.807) is 13.3 Å². The molecule has 1 fully saturated rings. The van der Waals surface area contributed by atoms with Gasteiger partial charge in [-0.25, -0.2) is 4.98 Å². The number of nitrogens with zero attached hydrogens (tertiary/aromatic N) is 1. The molecule has 2 aromatic rings. The summed E-state index contributed by atoms with van der Waals surface area (Å²) in [5.74, 6) is 1.40. The Morgan fingerprint density at radius 2 is 2.40 bits per heavy atom. The van der Waals surface area contributed by atoms with Crippen LogP contribution < -0.4 is 15.4 Å². The third kappa shape index (κ3) is 3.08. The minimum Gasteiger partial charge on any atom is -0.497 e. The number of thiazole rings is 1. The Balaban J connectivity index is 1.55. The zero-order valence-corrected chi connectivity index (χ0v) is 12.6. The van der Waals surface area contributed by atoms with Gasteiger partial charge in [0.15, 0.2) is 10.2 Å². The second-order valence-electron chi connectivity index (χ2n) is 4.66. The summed E-state index contributed by atoms with van der Waals surface area (Å²) in [6, 6.07) is 8.59. The summed E-state index contributed by atoms with van der Waals surface area (Å²) in [5, 5.41) is 9.79. The van der Waals surface area contributed by atoms with Crippen molar-refractivity contribution in [1.29, 1.82) is 0 Å². The molecule has 20 heavy (non-hydrogen) atoms. The van der Waals surface area contributed by atoms with Crippen molar-refractivity contribution >= 4 is 33.8 Å². The highest BCUT2D eigenvalue weighted by Gasteiger charge is 2.39. The quantitative estimate of drug-likeness (QED) is 0.850. The van der Waals surface area contributed by atoms with E-state index in [0.29, 0.717) is 17.1 Å². The first-order valence-electron chi connectivity index (χ1n) is 6.37. The first kappa shape index (κ1) is 13.3. The summed E-state index contributed by atoms with van der Waals surface area (Å²) >= 11 is 6.82. The van der Waals surface area contributed by atoms with Crippen molar-refractivity contribution in [2.75, 3.05) is 12.4 Å². The molecule has 1 aliphatic carbocycles. The normalized spacial score (nSPS) is 20.2. The van der Waals surface area contributed by atoms with Gasteiger partial charge in [0.2, 0.25) is 0 Å². The first-order valence-corrected chi connectivity index (χ1v) is 7.66. The molecule has 2 atom stereocenters. The Bertz CT molecular complexity index is 600. The summed E-state index contributed by atoms with van der Waals surface area (Å²) in [4.78, 5) is 4.15. The lowest BCUT2D eigenvalue weighted by atomic mass is 10.1. The molecule has 1 aliphatic rings. The van der Waals surface area contributed by atoms with Gasteiger partial charge in [0, 0.05) is 23.5 Å². The van der Waals surface area contributed by atoms with Crippen LogP contribution in [0.2, 0.25) is 0 Å². The molecular weight excluding hydrogens is 290 g/mol. The Labute approximate surface area is 127 Å². The largest absolute Gasteiger partial charge is 0.497 e. The van der Waals surface area contributed by atoms with Crippen LogP contribution in [0, 0.1) is 0 Å². The van der Waals surface area contributed by atoms with E-state index >= 15 is 0 Å². The van der Waals surface area contributed by atoms with Crippen LogP contribution in [0.15, 0.2) is 35.8 Å². The molecule has 0 spiro atoms. The maximum Gasteiger partial charge on any atom is 0.188 e. The lowest BCUT2D eigenvalue weighted by Crippen LogP contribution is -2.30. The summed E-state index contributed by atoms with van der Waals surface area (Å²) in [7, 11) is 1.69. The SMILES string of the molecule is COc1cccc([C@H]2C[C@H]2NC(=S)Nc2nccs2)c1. The Morgan fingerprint density at radius 3 is 3.15 bits per heavy atom. The Hall–Kier alpha value is -1.66. The average Bonchev–Trinajstić information content (AvgIpc) is 3.03. The van der Waals surface area contributed by atoms with Crippen molar-refractivity contribution in [3.63, 3.8) is 0 Å². The average molecular weight is 305 g/mol. The van der Waals surface area contributed by atoms with Gasteiger partial charge in [-0.1, -0.05) is 12.1 Å². The summed E-state index contributed by atoms with van der Waals surface area (Å²) in [6.45, 7) is 0. The van der Waals surface area contributed by atoms with Gasteiger partial charge in [-0.05, 0) is 36.3 Å². The second kappa shape index (κ2) is 5.76. The van der Waals surface area contributed by atoms with Gasteiger partial charge in [-0.3, -0.25) is 0 Å². The fourth-order valence-corrected chi connectivity index (χ4v) is 3.03. The number of methoxy groups -OCH3 is 1. The molecule has 1 aromatic heterocycles. The second-order valence-corrected chi connectivity index (χ2v) is 5.96. The molecule has 1 aromatic carbocycles. The van der Waals surface area contributed by atoms with Gasteiger partial charge in [0.05, 0.1) is 7.11 Å². The van der Waals surface area contributed by atoms with Gasteiger partial charge in [-0.15, -0.1) is 11.3 Å². The molecule has 1 heterocycles. The minimum atomic E-state index is 0.391. The molecule has 2 N–H and O–H groups in total. The number of nitrogens with one attached hydrogen (secondary N) is 2. The van der Waals surface area contributed by atoms with Gasteiger partial charge in [0.25, 0.3) is 0 Å². The lowest BCUT2D eigenvalue weighted by molar-refractivity contribution is 0.414. The molecule has 104 valence electrons. The maximum absolute atomic E-state index is 5.29. The van der Waals surface area contributed by atoms with Crippen molar-refractivity contribution in [2.45, 2.75) is 18.4 Å².